The van der Waals surface area contributed by atoms with Crippen LogP contribution in [-0.4, -0.2) is 30.0 Å². The topological polar surface area (TPSA) is 75.6 Å². The zero-order valence-electron chi connectivity index (χ0n) is 18.9. The third kappa shape index (κ3) is 10.6. The lowest BCUT2D eigenvalue weighted by atomic mass is 10.00. The van der Waals surface area contributed by atoms with Crippen LogP contribution in [0.3, 0.4) is 0 Å². The Morgan fingerprint density at radius 1 is 1.03 bits per heavy atom. The predicted octanol–water partition coefficient (Wildman–Crippen LogP) is 7.42. The van der Waals surface area contributed by atoms with E-state index >= 15 is 0 Å². The van der Waals surface area contributed by atoms with E-state index in [9.17, 15) is 26.7 Å². The summed E-state index contributed by atoms with van der Waals surface area (Å²) in [5.74, 6) is -3.33. The Labute approximate surface area is 194 Å². The second-order valence-electron chi connectivity index (χ2n) is 7.50. The van der Waals surface area contributed by atoms with E-state index in [4.69, 9.17) is 14.6 Å². The first-order valence-corrected chi connectivity index (χ1v) is 10.8. The van der Waals surface area contributed by atoms with Gasteiger partial charge in [0, 0.05) is 5.56 Å². The Morgan fingerprint density at radius 2 is 1.68 bits per heavy atom. The molecule has 5 nitrogen and oxygen atoms in total. The molecular weight excluding hydrogens is 461 g/mol. The number of hydrogen-bond donors (Lipinski definition) is 2. The molecule has 1 amide bonds. The smallest absolute Gasteiger partial charge is 0.475 e. The normalized spacial score (nSPS) is 11.7. The number of halogens is 5. The Morgan fingerprint density at radius 3 is 2.24 bits per heavy atom. The third-order valence-corrected chi connectivity index (χ3v) is 4.84. The van der Waals surface area contributed by atoms with Crippen molar-refractivity contribution in [2.75, 3.05) is 11.9 Å². The third-order valence-electron chi connectivity index (χ3n) is 4.84. The molecule has 0 spiro atoms. The van der Waals surface area contributed by atoms with Crippen LogP contribution in [0.1, 0.15) is 46.0 Å². The van der Waals surface area contributed by atoms with Gasteiger partial charge in [0.2, 0.25) is 0 Å². The molecule has 0 fully saturated rings. The van der Waals surface area contributed by atoms with E-state index < -0.39 is 29.9 Å². The molecule has 0 saturated carbocycles. The van der Waals surface area contributed by atoms with Crippen molar-refractivity contribution in [3.05, 3.63) is 54.1 Å². The first-order valence-electron chi connectivity index (χ1n) is 10.8. The number of carboxylic acids is 1. The summed E-state index contributed by atoms with van der Waals surface area (Å²) in [6.45, 7) is 4.56. The van der Waals surface area contributed by atoms with Gasteiger partial charge in [0.1, 0.15) is 11.6 Å². The summed E-state index contributed by atoms with van der Waals surface area (Å²) >= 11 is 0. The molecule has 10 heteroatoms. The van der Waals surface area contributed by atoms with Crippen molar-refractivity contribution >= 4 is 17.7 Å². The summed E-state index contributed by atoms with van der Waals surface area (Å²) < 4.78 is 64.3. The maximum absolute atomic E-state index is 13.7. The van der Waals surface area contributed by atoms with Crippen LogP contribution in [0.4, 0.5) is 32.4 Å². The van der Waals surface area contributed by atoms with Crippen LogP contribution >= 0.6 is 0 Å². The largest absolute Gasteiger partial charge is 0.490 e. The number of benzene rings is 2. The number of rotatable bonds is 9. The van der Waals surface area contributed by atoms with Crippen LogP contribution in [0.2, 0.25) is 0 Å². The molecule has 34 heavy (non-hydrogen) atoms. The molecule has 0 radical (unpaired) electrons. The van der Waals surface area contributed by atoms with Crippen molar-refractivity contribution < 1.29 is 41.4 Å². The number of carboxylic acid groups (broad SMARTS) is 1. The number of amides is 1. The zero-order chi connectivity index (χ0) is 25.7. The molecule has 0 heterocycles. The Bertz CT molecular complexity index is 934. The Hall–Kier alpha value is -3.17. The van der Waals surface area contributed by atoms with Gasteiger partial charge < -0.3 is 9.84 Å². The molecular formula is C24H28F5NO4. The number of carbonyl (C=O) groups is 2. The minimum atomic E-state index is -5.08. The van der Waals surface area contributed by atoms with Gasteiger partial charge in [0.25, 0.3) is 0 Å². The predicted molar refractivity (Wildman–Crippen MR) is 118 cm³/mol. The number of hydrogen-bond acceptors (Lipinski definition) is 3. The molecule has 0 aromatic heterocycles. The standard InChI is InChI=1S/C22H27F2NO2.C2HF3O2/c1-3-5-6-8-16(4-2)15-27-22(26)25-21-14-19(24)11-12-20(21)17-9-7-10-18(23)13-17;3-2(4,5)1(6)7/h7,9-14,16H,3-6,8,15H2,1-2H3,(H,25,26);(H,6,7). The van der Waals surface area contributed by atoms with Gasteiger partial charge in [-0.15, -0.1) is 0 Å². The highest BCUT2D eigenvalue weighted by Gasteiger charge is 2.38. The summed E-state index contributed by atoms with van der Waals surface area (Å²) in [7, 11) is 0. The molecule has 0 saturated heterocycles. The molecule has 2 aromatic carbocycles. The lowest BCUT2D eigenvalue weighted by molar-refractivity contribution is -0.192. The van der Waals surface area contributed by atoms with E-state index in [1.807, 2.05) is 0 Å². The monoisotopic (exact) mass is 489 g/mol. The quantitative estimate of drug-likeness (QED) is 0.284. The summed E-state index contributed by atoms with van der Waals surface area (Å²) in [5.41, 5.74) is 1.34. The average Bonchev–Trinajstić information content (AvgIpc) is 2.76. The van der Waals surface area contributed by atoms with Gasteiger partial charge in [-0.05, 0) is 48.2 Å². The molecule has 2 aromatic rings. The minimum absolute atomic E-state index is 0.254. The summed E-state index contributed by atoms with van der Waals surface area (Å²) in [4.78, 5) is 21.1. The minimum Gasteiger partial charge on any atom is -0.475 e. The Kier molecular flexibility index (Phi) is 12.0. The fourth-order valence-electron chi connectivity index (χ4n) is 2.96. The van der Waals surface area contributed by atoms with Crippen LogP contribution in [-0.2, 0) is 9.53 Å². The van der Waals surface area contributed by atoms with Gasteiger partial charge in [-0.1, -0.05) is 51.7 Å². The lowest BCUT2D eigenvalue weighted by Crippen LogP contribution is -2.21. The van der Waals surface area contributed by atoms with Crippen molar-refractivity contribution in [2.24, 2.45) is 5.92 Å². The first kappa shape index (κ1) is 28.9. The molecule has 0 aliphatic carbocycles. The number of alkyl halides is 3. The summed E-state index contributed by atoms with van der Waals surface area (Å²) in [6, 6.07) is 9.94. The number of anilines is 1. The molecule has 2 rings (SSSR count). The lowest BCUT2D eigenvalue weighted by Gasteiger charge is -2.16. The van der Waals surface area contributed by atoms with E-state index in [2.05, 4.69) is 19.2 Å². The van der Waals surface area contributed by atoms with Crippen molar-refractivity contribution in [3.8, 4) is 11.1 Å². The first-order chi connectivity index (χ1) is 16.0. The van der Waals surface area contributed by atoms with Gasteiger partial charge >= 0.3 is 18.2 Å². The van der Waals surface area contributed by atoms with Crippen molar-refractivity contribution in [2.45, 2.75) is 52.1 Å². The maximum Gasteiger partial charge on any atom is 0.490 e. The highest BCUT2D eigenvalue weighted by Crippen LogP contribution is 2.29. The van der Waals surface area contributed by atoms with Gasteiger partial charge in [-0.3, -0.25) is 5.32 Å². The molecule has 0 aliphatic rings. The number of carbonyl (C=O) groups excluding carboxylic acids is 1. The Balaban J connectivity index is 0.000000718. The van der Waals surface area contributed by atoms with E-state index in [0.29, 0.717) is 23.7 Å². The highest BCUT2D eigenvalue weighted by atomic mass is 19.4. The van der Waals surface area contributed by atoms with Crippen LogP contribution in [0.25, 0.3) is 11.1 Å². The number of aliphatic carboxylic acids is 1. The van der Waals surface area contributed by atoms with Crippen molar-refractivity contribution in [3.63, 3.8) is 0 Å². The molecule has 188 valence electrons. The fourth-order valence-corrected chi connectivity index (χ4v) is 2.96. The zero-order valence-corrected chi connectivity index (χ0v) is 18.9. The summed E-state index contributed by atoms with van der Waals surface area (Å²) in [6.07, 6.45) is -0.318. The molecule has 1 unspecified atom stereocenters. The van der Waals surface area contributed by atoms with Gasteiger partial charge in [-0.25, -0.2) is 18.4 Å². The number of unbranched alkanes of at least 4 members (excludes halogenated alkanes) is 2. The van der Waals surface area contributed by atoms with Crippen LogP contribution in [0.15, 0.2) is 42.5 Å². The van der Waals surface area contributed by atoms with Crippen LogP contribution in [0.5, 0.6) is 0 Å². The maximum atomic E-state index is 13.7. The molecule has 0 aliphatic heterocycles. The molecule has 2 N–H and O–H groups in total. The van der Waals surface area contributed by atoms with E-state index in [0.717, 1.165) is 25.7 Å². The highest BCUT2D eigenvalue weighted by molar-refractivity contribution is 5.91. The average molecular weight is 489 g/mol. The SMILES string of the molecule is CCCCCC(CC)COC(=O)Nc1cc(F)ccc1-c1cccc(F)c1.O=C(O)C(F)(F)F. The number of nitrogens with one attached hydrogen (secondary N) is 1. The second kappa shape index (κ2) is 14.2. The van der Waals surface area contributed by atoms with Crippen LogP contribution < -0.4 is 5.32 Å². The van der Waals surface area contributed by atoms with Crippen molar-refractivity contribution in [1.82, 2.24) is 0 Å². The van der Waals surface area contributed by atoms with Gasteiger partial charge in [-0.2, -0.15) is 13.2 Å². The second-order valence-corrected chi connectivity index (χ2v) is 7.50. The van der Waals surface area contributed by atoms with Gasteiger partial charge in [0.15, 0.2) is 0 Å². The van der Waals surface area contributed by atoms with Crippen LogP contribution in [0, 0.1) is 17.6 Å². The number of ether oxygens (including phenoxy) is 1. The van der Waals surface area contributed by atoms with E-state index in [-0.39, 0.29) is 5.69 Å². The fraction of sp³-hybridized carbons (Fsp3) is 0.417. The molecule has 0 bridgehead atoms. The van der Waals surface area contributed by atoms with E-state index in [1.165, 1.54) is 36.8 Å². The van der Waals surface area contributed by atoms with Crippen molar-refractivity contribution in [1.29, 1.82) is 0 Å². The summed E-state index contributed by atoms with van der Waals surface area (Å²) in [5, 5.41) is 9.72. The molecule has 1 atom stereocenters. The van der Waals surface area contributed by atoms with Gasteiger partial charge in [0.05, 0.1) is 12.3 Å². The van der Waals surface area contributed by atoms with E-state index in [1.54, 1.807) is 12.1 Å².